The standard InChI is InChI=1S/C26H29N3O4/c1-26(25(31)27-19-9-4-5-10-19)17-28-20(23-12-7-15-33-23)13-14-21(28)24(30)29(26)16-18-8-3-6-11-22(18)32-2/h3,6-8,11-15,19H,4-5,9-10,16-17H2,1-2H3,(H,27,31)/t26-/m0/s1. The van der Waals surface area contributed by atoms with Gasteiger partial charge in [0.2, 0.25) is 5.91 Å². The lowest BCUT2D eigenvalue weighted by Crippen LogP contribution is -2.64. The maximum Gasteiger partial charge on any atom is 0.271 e. The first kappa shape index (κ1) is 21.4. The molecule has 2 aliphatic rings. The summed E-state index contributed by atoms with van der Waals surface area (Å²) in [6, 6.07) is 15.2. The zero-order valence-corrected chi connectivity index (χ0v) is 19.0. The number of carbonyl (C=O) groups excluding carboxylic acids is 2. The fraction of sp³-hybridized carbons (Fsp3) is 0.385. The molecule has 0 saturated heterocycles. The van der Waals surface area contributed by atoms with Crippen molar-refractivity contribution in [3.05, 3.63) is 66.1 Å². The van der Waals surface area contributed by atoms with Crippen LogP contribution in [0.5, 0.6) is 5.75 Å². The topological polar surface area (TPSA) is 76.7 Å². The summed E-state index contributed by atoms with van der Waals surface area (Å²) in [5.74, 6) is 1.06. The minimum Gasteiger partial charge on any atom is -0.496 e. The van der Waals surface area contributed by atoms with Gasteiger partial charge in [0.05, 0.1) is 32.2 Å². The fourth-order valence-electron chi connectivity index (χ4n) is 5.08. The number of methoxy groups -OCH3 is 1. The summed E-state index contributed by atoms with van der Waals surface area (Å²) in [7, 11) is 1.61. The number of para-hydroxylation sites is 1. The van der Waals surface area contributed by atoms with E-state index in [1.807, 2.05) is 60.0 Å². The molecule has 0 bridgehead atoms. The third-order valence-electron chi connectivity index (χ3n) is 6.98. The number of furan rings is 1. The average Bonchev–Trinajstić information content (AvgIpc) is 3.58. The molecule has 1 fully saturated rings. The Balaban J connectivity index is 1.56. The van der Waals surface area contributed by atoms with Gasteiger partial charge in [-0.2, -0.15) is 0 Å². The van der Waals surface area contributed by atoms with Gasteiger partial charge in [0, 0.05) is 11.6 Å². The Kier molecular flexibility index (Phi) is 5.48. The lowest BCUT2D eigenvalue weighted by atomic mass is 9.93. The molecule has 1 saturated carbocycles. The summed E-state index contributed by atoms with van der Waals surface area (Å²) in [6.45, 7) is 2.48. The Bertz CT molecular complexity index is 1160. The van der Waals surface area contributed by atoms with Gasteiger partial charge in [0.25, 0.3) is 5.91 Å². The molecule has 1 aliphatic heterocycles. The molecular weight excluding hydrogens is 418 g/mol. The molecule has 0 radical (unpaired) electrons. The Hall–Kier alpha value is -3.48. The second-order valence-electron chi connectivity index (χ2n) is 9.10. The smallest absolute Gasteiger partial charge is 0.271 e. The molecule has 1 aromatic carbocycles. The minimum atomic E-state index is -1.08. The molecule has 7 nitrogen and oxygen atoms in total. The molecule has 2 amide bonds. The van der Waals surface area contributed by atoms with Crippen molar-refractivity contribution in [3.8, 4) is 17.2 Å². The molecule has 33 heavy (non-hydrogen) atoms. The van der Waals surface area contributed by atoms with Crippen molar-refractivity contribution in [3.63, 3.8) is 0 Å². The summed E-state index contributed by atoms with van der Waals surface area (Å²) >= 11 is 0. The summed E-state index contributed by atoms with van der Waals surface area (Å²) < 4.78 is 13.0. The molecular formula is C26H29N3O4. The minimum absolute atomic E-state index is 0.123. The number of hydrogen-bond donors (Lipinski definition) is 1. The van der Waals surface area contributed by atoms with E-state index in [4.69, 9.17) is 9.15 Å². The number of carbonyl (C=O) groups is 2. The number of amides is 2. The average molecular weight is 448 g/mol. The highest BCUT2D eigenvalue weighted by atomic mass is 16.5. The van der Waals surface area contributed by atoms with Crippen molar-refractivity contribution in [2.75, 3.05) is 7.11 Å². The van der Waals surface area contributed by atoms with Crippen LogP contribution in [0.3, 0.4) is 0 Å². The molecule has 0 unspecified atom stereocenters. The highest BCUT2D eigenvalue weighted by Gasteiger charge is 2.48. The van der Waals surface area contributed by atoms with Crippen molar-refractivity contribution >= 4 is 11.8 Å². The van der Waals surface area contributed by atoms with E-state index in [0.717, 1.165) is 36.9 Å². The van der Waals surface area contributed by atoms with Gasteiger partial charge in [-0.25, -0.2) is 0 Å². The first-order valence-corrected chi connectivity index (χ1v) is 11.5. The predicted octanol–water partition coefficient (Wildman–Crippen LogP) is 4.23. The first-order valence-electron chi connectivity index (χ1n) is 11.5. The van der Waals surface area contributed by atoms with E-state index in [1.165, 1.54) is 0 Å². The van der Waals surface area contributed by atoms with Gasteiger partial charge >= 0.3 is 0 Å². The molecule has 1 atom stereocenters. The van der Waals surface area contributed by atoms with Gasteiger partial charge in [0.1, 0.15) is 22.7 Å². The number of fused-ring (bicyclic) bond motifs is 1. The quantitative estimate of drug-likeness (QED) is 0.614. The van der Waals surface area contributed by atoms with Crippen molar-refractivity contribution in [2.45, 2.75) is 57.3 Å². The van der Waals surface area contributed by atoms with E-state index in [1.54, 1.807) is 18.3 Å². The van der Waals surface area contributed by atoms with E-state index in [9.17, 15) is 9.59 Å². The van der Waals surface area contributed by atoms with Crippen molar-refractivity contribution in [1.82, 2.24) is 14.8 Å². The maximum absolute atomic E-state index is 13.8. The molecule has 172 valence electrons. The zero-order chi connectivity index (χ0) is 23.0. The highest BCUT2D eigenvalue weighted by Crippen LogP contribution is 2.35. The maximum atomic E-state index is 13.8. The molecule has 0 spiro atoms. The van der Waals surface area contributed by atoms with E-state index in [-0.39, 0.29) is 24.4 Å². The number of nitrogens with one attached hydrogen (secondary N) is 1. The van der Waals surface area contributed by atoms with Crippen LogP contribution in [0.25, 0.3) is 11.5 Å². The number of benzene rings is 1. The third kappa shape index (κ3) is 3.71. The van der Waals surface area contributed by atoms with Crippen LogP contribution >= 0.6 is 0 Å². The van der Waals surface area contributed by atoms with Crippen molar-refractivity contribution < 1.29 is 18.7 Å². The Morgan fingerprint density at radius 1 is 1.12 bits per heavy atom. The van der Waals surface area contributed by atoms with Crippen LogP contribution in [-0.2, 0) is 17.9 Å². The van der Waals surface area contributed by atoms with Crippen LogP contribution in [-0.4, -0.2) is 40.0 Å². The van der Waals surface area contributed by atoms with E-state index >= 15 is 0 Å². The predicted molar refractivity (Wildman–Crippen MR) is 124 cm³/mol. The van der Waals surface area contributed by atoms with Gasteiger partial charge in [-0.15, -0.1) is 0 Å². The second-order valence-corrected chi connectivity index (χ2v) is 9.10. The fourth-order valence-corrected chi connectivity index (χ4v) is 5.08. The largest absolute Gasteiger partial charge is 0.496 e. The third-order valence-corrected chi connectivity index (χ3v) is 6.98. The zero-order valence-electron chi connectivity index (χ0n) is 19.0. The molecule has 3 heterocycles. The van der Waals surface area contributed by atoms with E-state index in [2.05, 4.69) is 5.32 Å². The molecule has 7 heteroatoms. The summed E-state index contributed by atoms with van der Waals surface area (Å²) in [5, 5.41) is 3.23. The molecule has 1 N–H and O–H groups in total. The first-order chi connectivity index (χ1) is 16.0. The van der Waals surface area contributed by atoms with Gasteiger partial charge < -0.3 is 23.9 Å². The Morgan fingerprint density at radius 3 is 2.61 bits per heavy atom. The summed E-state index contributed by atoms with van der Waals surface area (Å²) in [4.78, 5) is 29.2. The van der Waals surface area contributed by atoms with E-state index in [0.29, 0.717) is 23.7 Å². The number of nitrogens with zero attached hydrogens (tertiary/aromatic N) is 2. The lowest BCUT2D eigenvalue weighted by Gasteiger charge is -2.44. The highest BCUT2D eigenvalue weighted by molar-refractivity contribution is 6.00. The van der Waals surface area contributed by atoms with Crippen LogP contribution in [0.1, 0.15) is 48.7 Å². The van der Waals surface area contributed by atoms with Crippen molar-refractivity contribution in [1.29, 1.82) is 0 Å². The summed E-state index contributed by atoms with van der Waals surface area (Å²) in [6.07, 6.45) is 5.81. The molecule has 2 aromatic heterocycles. The van der Waals surface area contributed by atoms with Crippen LogP contribution in [0.15, 0.2) is 59.2 Å². The Morgan fingerprint density at radius 2 is 1.88 bits per heavy atom. The second kappa shape index (κ2) is 8.46. The van der Waals surface area contributed by atoms with Gasteiger partial charge in [-0.1, -0.05) is 31.0 Å². The number of aromatic nitrogens is 1. The lowest BCUT2D eigenvalue weighted by molar-refractivity contribution is -0.133. The van der Waals surface area contributed by atoms with Gasteiger partial charge in [0.15, 0.2) is 0 Å². The van der Waals surface area contributed by atoms with Crippen LogP contribution in [0.2, 0.25) is 0 Å². The number of ether oxygens (including phenoxy) is 1. The van der Waals surface area contributed by atoms with Crippen LogP contribution in [0.4, 0.5) is 0 Å². The SMILES string of the molecule is COc1ccccc1CN1C(=O)c2ccc(-c3ccco3)n2C[C@@]1(C)C(=O)NC1CCCC1. The van der Waals surface area contributed by atoms with E-state index < -0.39 is 5.54 Å². The number of hydrogen-bond acceptors (Lipinski definition) is 4. The number of rotatable bonds is 6. The summed E-state index contributed by atoms with van der Waals surface area (Å²) in [5.41, 5.74) is 1.12. The van der Waals surface area contributed by atoms with Gasteiger partial charge in [-0.05, 0) is 50.1 Å². The van der Waals surface area contributed by atoms with Crippen molar-refractivity contribution in [2.24, 2.45) is 0 Å². The van der Waals surface area contributed by atoms with Crippen LogP contribution < -0.4 is 10.1 Å². The van der Waals surface area contributed by atoms with Gasteiger partial charge in [-0.3, -0.25) is 9.59 Å². The monoisotopic (exact) mass is 447 g/mol. The van der Waals surface area contributed by atoms with Crippen LogP contribution in [0, 0.1) is 0 Å². The molecule has 3 aromatic rings. The Labute approximate surface area is 193 Å². The molecule has 1 aliphatic carbocycles. The molecule has 5 rings (SSSR count). The normalized spacial score (nSPS) is 20.7.